The Labute approximate surface area is 87.6 Å². The zero-order chi connectivity index (χ0) is 11.7. The maximum absolute atomic E-state index is 10.7. The van der Waals surface area contributed by atoms with Gasteiger partial charge in [-0.1, -0.05) is 0 Å². The molecule has 0 saturated heterocycles. The highest BCUT2D eigenvalue weighted by molar-refractivity contribution is 5.73. The van der Waals surface area contributed by atoms with E-state index in [0.717, 1.165) is 6.42 Å². The molecule has 0 aliphatic rings. The second kappa shape index (κ2) is 8.16. The van der Waals surface area contributed by atoms with Crippen LogP contribution in [0.1, 0.15) is 19.3 Å². The average molecular weight is 219 g/mol. The van der Waals surface area contributed by atoms with Crippen LogP contribution in [0.5, 0.6) is 0 Å². The molecule has 0 radical (unpaired) electrons. The SMILES string of the molecule is NCCCC[C@H](NNCC(=O)O)C(=O)O. The van der Waals surface area contributed by atoms with Gasteiger partial charge in [-0.3, -0.25) is 9.59 Å². The fourth-order valence-electron chi connectivity index (χ4n) is 1.00. The summed E-state index contributed by atoms with van der Waals surface area (Å²) in [6, 6.07) is -0.782. The largest absolute Gasteiger partial charge is 0.480 e. The molecule has 0 aliphatic heterocycles. The van der Waals surface area contributed by atoms with Gasteiger partial charge in [-0.25, -0.2) is 10.9 Å². The molecule has 15 heavy (non-hydrogen) atoms. The van der Waals surface area contributed by atoms with Crippen molar-refractivity contribution in [2.75, 3.05) is 13.1 Å². The van der Waals surface area contributed by atoms with E-state index >= 15 is 0 Å². The number of nitrogens with two attached hydrogens (primary N) is 1. The molecule has 88 valence electrons. The van der Waals surface area contributed by atoms with E-state index in [2.05, 4.69) is 10.9 Å². The predicted octanol–water partition coefficient (Wildman–Crippen LogP) is -1.25. The molecule has 0 aliphatic carbocycles. The summed E-state index contributed by atoms with van der Waals surface area (Å²) in [5.74, 6) is -2.06. The quantitative estimate of drug-likeness (QED) is 0.242. The van der Waals surface area contributed by atoms with Crippen molar-refractivity contribution in [1.82, 2.24) is 10.9 Å². The molecular formula is C8H17N3O4. The highest BCUT2D eigenvalue weighted by atomic mass is 16.4. The third kappa shape index (κ3) is 7.86. The van der Waals surface area contributed by atoms with Crippen LogP contribution in [0.15, 0.2) is 0 Å². The maximum Gasteiger partial charge on any atom is 0.322 e. The Balaban J connectivity index is 3.73. The summed E-state index contributed by atoms with van der Waals surface area (Å²) >= 11 is 0. The first-order valence-electron chi connectivity index (χ1n) is 4.71. The van der Waals surface area contributed by atoms with Gasteiger partial charge in [0.05, 0.1) is 0 Å². The van der Waals surface area contributed by atoms with Crippen molar-refractivity contribution < 1.29 is 19.8 Å². The van der Waals surface area contributed by atoms with E-state index in [0.29, 0.717) is 19.4 Å². The molecule has 0 bridgehead atoms. The number of aliphatic carboxylic acids is 2. The molecule has 0 aromatic carbocycles. The van der Waals surface area contributed by atoms with Crippen molar-refractivity contribution >= 4 is 11.9 Å². The molecule has 0 spiro atoms. The fraction of sp³-hybridized carbons (Fsp3) is 0.750. The van der Waals surface area contributed by atoms with Crippen LogP contribution < -0.4 is 16.6 Å². The van der Waals surface area contributed by atoms with Crippen LogP contribution in [0.3, 0.4) is 0 Å². The number of hydrogen-bond donors (Lipinski definition) is 5. The summed E-state index contributed by atoms with van der Waals surface area (Å²) in [5, 5.41) is 17.1. The molecular weight excluding hydrogens is 202 g/mol. The molecule has 0 aromatic rings. The van der Waals surface area contributed by atoms with E-state index in [9.17, 15) is 9.59 Å². The van der Waals surface area contributed by atoms with Crippen molar-refractivity contribution in [2.24, 2.45) is 5.73 Å². The summed E-state index contributed by atoms with van der Waals surface area (Å²) in [6.07, 6.45) is 1.86. The normalized spacial score (nSPS) is 12.3. The third-order valence-corrected chi connectivity index (χ3v) is 1.76. The zero-order valence-corrected chi connectivity index (χ0v) is 8.40. The van der Waals surface area contributed by atoms with Gasteiger partial charge >= 0.3 is 11.9 Å². The molecule has 0 fully saturated rings. The molecule has 0 rings (SSSR count). The summed E-state index contributed by atoms with van der Waals surface area (Å²) in [6.45, 7) is 0.204. The second-order valence-corrected chi connectivity index (χ2v) is 3.07. The molecule has 0 unspecified atom stereocenters. The number of hydrogen-bond acceptors (Lipinski definition) is 5. The van der Waals surface area contributed by atoms with Crippen LogP contribution >= 0.6 is 0 Å². The number of unbranched alkanes of at least 4 members (excludes halogenated alkanes) is 1. The summed E-state index contributed by atoms with van der Waals surface area (Å²) < 4.78 is 0. The Morgan fingerprint density at radius 2 is 1.93 bits per heavy atom. The molecule has 7 nitrogen and oxygen atoms in total. The zero-order valence-electron chi connectivity index (χ0n) is 8.40. The van der Waals surface area contributed by atoms with Crippen molar-refractivity contribution in [2.45, 2.75) is 25.3 Å². The average Bonchev–Trinajstić information content (AvgIpc) is 2.15. The topological polar surface area (TPSA) is 125 Å². The molecule has 6 N–H and O–H groups in total. The number of carbonyl (C=O) groups is 2. The highest BCUT2D eigenvalue weighted by Crippen LogP contribution is 1.99. The van der Waals surface area contributed by atoms with Gasteiger partial charge in [0.1, 0.15) is 12.6 Å². The number of carboxylic acids is 2. The lowest BCUT2D eigenvalue weighted by atomic mass is 10.1. The van der Waals surface area contributed by atoms with Gasteiger partial charge in [-0.2, -0.15) is 0 Å². The van der Waals surface area contributed by atoms with Gasteiger partial charge in [0, 0.05) is 0 Å². The minimum Gasteiger partial charge on any atom is -0.480 e. The summed E-state index contributed by atoms with van der Waals surface area (Å²) in [5.41, 5.74) is 10.0. The van der Waals surface area contributed by atoms with E-state index in [1.54, 1.807) is 0 Å². The lowest BCUT2D eigenvalue weighted by Gasteiger charge is -2.13. The first-order valence-corrected chi connectivity index (χ1v) is 4.71. The van der Waals surface area contributed by atoms with Gasteiger partial charge in [0.2, 0.25) is 0 Å². The first-order chi connectivity index (χ1) is 7.07. The first kappa shape index (κ1) is 13.8. The summed E-state index contributed by atoms with van der Waals surface area (Å²) in [7, 11) is 0. The minimum absolute atomic E-state index is 0.319. The standard InChI is InChI=1S/C8H17N3O4/c9-4-2-1-3-6(8(14)15)11-10-5-7(12)13/h6,10-11H,1-5,9H2,(H,12,13)(H,14,15)/t6-/m0/s1. The fourth-order valence-corrected chi connectivity index (χ4v) is 1.00. The number of hydrazine groups is 1. The van der Waals surface area contributed by atoms with Gasteiger partial charge in [0.15, 0.2) is 0 Å². The lowest BCUT2D eigenvalue weighted by molar-refractivity contribution is -0.141. The van der Waals surface area contributed by atoms with E-state index in [1.807, 2.05) is 0 Å². The number of carboxylic acid groups (broad SMARTS) is 2. The maximum atomic E-state index is 10.7. The number of rotatable bonds is 9. The van der Waals surface area contributed by atoms with E-state index in [-0.39, 0.29) is 6.54 Å². The van der Waals surface area contributed by atoms with Gasteiger partial charge in [0.25, 0.3) is 0 Å². The van der Waals surface area contributed by atoms with Crippen molar-refractivity contribution in [3.63, 3.8) is 0 Å². The van der Waals surface area contributed by atoms with Crippen LogP contribution in [0, 0.1) is 0 Å². The van der Waals surface area contributed by atoms with Crippen LogP contribution in [0.4, 0.5) is 0 Å². The Morgan fingerprint density at radius 3 is 2.40 bits per heavy atom. The highest BCUT2D eigenvalue weighted by Gasteiger charge is 2.15. The molecule has 0 heterocycles. The number of nitrogens with one attached hydrogen (secondary N) is 2. The molecule has 0 saturated carbocycles. The Kier molecular flexibility index (Phi) is 7.51. The van der Waals surface area contributed by atoms with Gasteiger partial charge < -0.3 is 15.9 Å². The van der Waals surface area contributed by atoms with Crippen LogP contribution in [-0.2, 0) is 9.59 Å². The van der Waals surface area contributed by atoms with Gasteiger partial charge in [-0.15, -0.1) is 0 Å². The van der Waals surface area contributed by atoms with E-state index in [1.165, 1.54) is 0 Å². The monoisotopic (exact) mass is 219 g/mol. The van der Waals surface area contributed by atoms with Crippen molar-refractivity contribution in [3.8, 4) is 0 Å². The van der Waals surface area contributed by atoms with Crippen molar-refractivity contribution in [3.05, 3.63) is 0 Å². The van der Waals surface area contributed by atoms with Crippen LogP contribution in [0.2, 0.25) is 0 Å². The van der Waals surface area contributed by atoms with E-state index < -0.39 is 18.0 Å². The van der Waals surface area contributed by atoms with Crippen molar-refractivity contribution in [1.29, 1.82) is 0 Å². The third-order valence-electron chi connectivity index (χ3n) is 1.76. The Bertz CT molecular complexity index is 210. The smallest absolute Gasteiger partial charge is 0.322 e. The summed E-state index contributed by atoms with van der Waals surface area (Å²) in [4.78, 5) is 20.8. The Hall–Kier alpha value is -1.18. The lowest BCUT2D eigenvalue weighted by Crippen LogP contribution is -2.47. The minimum atomic E-state index is -1.05. The van der Waals surface area contributed by atoms with Gasteiger partial charge in [-0.05, 0) is 25.8 Å². The predicted molar refractivity (Wildman–Crippen MR) is 53.1 cm³/mol. The van der Waals surface area contributed by atoms with E-state index in [4.69, 9.17) is 15.9 Å². The second-order valence-electron chi connectivity index (χ2n) is 3.07. The Morgan fingerprint density at radius 1 is 1.27 bits per heavy atom. The molecule has 1 atom stereocenters. The van der Waals surface area contributed by atoms with Crippen LogP contribution in [0.25, 0.3) is 0 Å². The van der Waals surface area contributed by atoms with Crippen LogP contribution in [-0.4, -0.2) is 41.3 Å². The molecule has 0 aromatic heterocycles. The molecule has 0 amide bonds. The molecule has 7 heteroatoms.